The second kappa shape index (κ2) is 8.30. The van der Waals surface area contributed by atoms with E-state index in [0.717, 1.165) is 12.1 Å². The Morgan fingerprint density at radius 2 is 1.91 bits per heavy atom. The second-order valence-electron chi connectivity index (χ2n) is 7.60. The predicted octanol–water partition coefficient (Wildman–Crippen LogP) is 3.11. The summed E-state index contributed by atoms with van der Waals surface area (Å²) in [6.07, 6.45) is 2.91. The van der Waals surface area contributed by atoms with Crippen molar-refractivity contribution in [2.75, 3.05) is 0 Å². The molecule has 0 aliphatic rings. The summed E-state index contributed by atoms with van der Waals surface area (Å²) in [5.41, 5.74) is 3.15. The third-order valence-electron chi connectivity index (χ3n) is 5.49. The van der Waals surface area contributed by atoms with Gasteiger partial charge in [0.1, 0.15) is 12.1 Å². The van der Waals surface area contributed by atoms with Crippen molar-refractivity contribution >= 4 is 5.78 Å². The van der Waals surface area contributed by atoms with Crippen molar-refractivity contribution in [3.63, 3.8) is 0 Å². The molecule has 166 valence electrons. The molecule has 0 radical (unpaired) electrons. The quantitative estimate of drug-likeness (QED) is 0.413. The molecule has 0 amide bonds. The normalized spacial score (nSPS) is 11.3. The Kier molecular flexibility index (Phi) is 5.17. The molecule has 0 bridgehead atoms. The fraction of sp³-hybridized carbons (Fsp3) is 0.174. The molecule has 0 saturated carbocycles. The first-order chi connectivity index (χ1) is 16.0. The maximum Gasteiger partial charge on any atom is 0.439 e. The SMILES string of the molecule is CCCc1c(Cc2ccc(-c3ccccc3-c3noc(=O)[nH]3)cc2F)c(=O)[nH]c2ncnn12. The van der Waals surface area contributed by atoms with Gasteiger partial charge in [0, 0.05) is 17.5 Å². The van der Waals surface area contributed by atoms with Crippen molar-refractivity contribution in [2.24, 2.45) is 0 Å². The number of aromatic amines is 2. The highest BCUT2D eigenvalue weighted by Gasteiger charge is 2.17. The number of aryl methyl sites for hydroxylation is 1. The van der Waals surface area contributed by atoms with E-state index < -0.39 is 11.6 Å². The maximum absolute atomic E-state index is 15.2. The van der Waals surface area contributed by atoms with Crippen molar-refractivity contribution in [3.05, 3.63) is 92.3 Å². The Labute approximate surface area is 185 Å². The molecule has 0 spiro atoms. The van der Waals surface area contributed by atoms with Gasteiger partial charge in [0.2, 0.25) is 5.78 Å². The number of fused-ring (bicyclic) bond motifs is 1. The second-order valence-corrected chi connectivity index (χ2v) is 7.60. The zero-order valence-electron chi connectivity index (χ0n) is 17.6. The van der Waals surface area contributed by atoms with Crippen LogP contribution in [-0.4, -0.2) is 29.7 Å². The minimum absolute atomic E-state index is 0.116. The third-order valence-corrected chi connectivity index (χ3v) is 5.49. The number of H-pyrrole nitrogens is 2. The molecule has 2 aromatic carbocycles. The van der Waals surface area contributed by atoms with Gasteiger partial charge in [-0.3, -0.25) is 19.3 Å². The molecular weight excluding hydrogens is 427 g/mol. The monoisotopic (exact) mass is 446 g/mol. The van der Waals surface area contributed by atoms with Gasteiger partial charge in [0.15, 0.2) is 5.82 Å². The molecule has 2 N–H and O–H groups in total. The molecule has 10 heteroatoms. The van der Waals surface area contributed by atoms with E-state index in [9.17, 15) is 9.59 Å². The van der Waals surface area contributed by atoms with Gasteiger partial charge >= 0.3 is 5.76 Å². The van der Waals surface area contributed by atoms with Crippen LogP contribution in [0.2, 0.25) is 0 Å². The Hall–Kier alpha value is -4.34. The number of nitrogens with one attached hydrogen (secondary N) is 2. The van der Waals surface area contributed by atoms with E-state index in [1.54, 1.807) is 34.8 Å². The number of halogens is 1. The average Bonchev–Trinajstić information content (AvgIpc) is 3.46. The zero-order valence-corrected chi connectivity index (χ0v) is 17.6. The first-order valence-corrected chi connectivity index (χ1v) is 10.4. The van der Waals surface area contributed by atoms with Crippen LogP contribution in [0.5, 0.6) is 0 Å². The average molecular weight is 446 g/mol. The van der Waals surface area contributed by atoms with Crippen LogP contribution in [0.1, 0.15) is 30.2 Å². The van der Waals surface area contributed by atoms with Crippen molar-refractivity contribution < 1.29 is 8.91 Å². The summed E-state index contributed by atoms with van der Waals surface area (Å²) >= 11 is 0. The van der Waals surface area contributed by atoms with E-state index in [0.29, 0.717) is 40.0 Å². The topological polar surface area (TPSA) is 122 Å². The van der Waals surface area contributed by atoms with Crippen molar-refractivity contribution in [1.82, 2.24) is 29.7 Å². The molecule has 0 aliphatic carbocycles. The van der Waals surface area contributed by atoms with Gasteiger partial charge in [-0.1, -0.05) is 54.9 Å². The molecule has 0 fully saturated rings. The Bertz CT molecular complexity index is 1580. The van der Waals surface area contributed by atoms with Crippen LogP contribution in [0.15, 0.2) is 62.9 Å². The highest BCUT2D eigenvalue weighted by molar-refractivity contribution is 5.80. The van der Waals surface area contributed by atoms with Gasteiger partial charge in [-0.2, -0.15) is 10.1 Å². The van der Waals surface area contributed by atoms with Gasteiger partial charge < -0.3 is 0 Å². The molecule has 0 unspecified atom stereocenters. The van der Waals surface area contributed by atoms with Gasteiger partial charge in [0.05, 0.1) is 5.69 Å². The Morgan fingerprint density at radius 3 is 2.64 bits per heavy atom. The van der Waals surface area contributed by atoms with Crippen molar-refractivity contribution in [2.45, 2.75) is 26.2 Å². The molecule has 0 aliphatic heterocycles. The predicted molar refractivity (Wildman–Crippen MR) is 118 cm³/mol. The maximum atomic E-state index is 15.2. The highest BCUT2D eigenvalue weighted by atomic mass is 19.1. The molecule has 33 heavy (non-hydrogen) atoms. The molecule has 9 nitrogen and oxygen atoms in total. The van der Waals surface area contributed by atoms with Gasteiger partial charge in [-0.05, 0) is 29.2 Å². The molecule has 0 saturated heterocycles. The van der Waals surface area contributed by atoms with E-state index in [1.165, 1.54) is 12.4 Å². The van der Waals surface area contributed by atoms with E-state index in [-0.39, 0.29) is 17.8 Å². The summed E-state index contributed by atoms with van der Waals surface area (Å²) in [6.45, 7) is 2.00. The first kappa shape index (κ1) is 20.6. The number of hydrogen-bond acceptors (Lipinski definition) is 6. The molecule has 5 rings (SSSR count). The van der Waals surface area contributed by atoms with E-state index in [1.807, 2.05) is 13.0 Å². The fourth-order valence-corrected chi connectivity index (χ4v) is 3.97. The lowest BCUT2D eigenvalue weighted by Gasteiger charge is -2.12. The van der Waals surface area contributed by atoms with E-state index >= 15 is 4.39 Å². The van der Waals surface area contributed by atoms with Crippen LogP contribution < -0.4 is 11.3 Å². The molecular formula is C23H19FN6O3. The zero-order chi connectivity index (χ0) is 22.9. The summed E-state index contributed by atoms with van der Waals surface area (Å²) in [4.78, 5) is 33.4. The van der Waals surface area contributed by atoms with Gasteiger partial charge in [-0.25, -0.2) is 13.7 Å². The molecule has 0 atom stereocenters. The largest absolute Gasteiger partial charge is 0.439 e. The summed E-state index contributed by atoms with van der Waals surface area (Å²) < 4.78 is 21.4. The van der Waals surface area contributed by atoms with Crippen LogP contribution in [0.25, 0.3) is 28.3 Å². The summed E-state index contributed by atoms with van der Waals surface area (Å²) in [6, 6.07) is 12.0. The van der Waals surface area contributed by atoms with Crippen LogP contribution in [0, 0.1) is 5.82 Å². The van der Waals surface area contributed by atoms with Crippen LogP contribution in [0.3, 0.4) is 0 Å². The fourth-order valence-electron chi connectivity index (χ4n) is 3.97. The van der Waals surface area contributed by atoms with Crippen LogP contribution >= 0.6 is 0 Å². The van der Waals surface area contributed by atoms with Crippen LogP contribution in [0.4, 0.5) is 4.39 Å². The smallest absolute Gasteiger partial charge is 0.296 e. The lowest BCUT2D eigenvalue weighted by atomic mass is 9.96. The van der Waals surface area contributed by atoms with E-state index in [4.69, 9.17) is 0 Å². The van der Waals surface area contributed by atoms with E-state index in [2.05, 4.69) is 29.7 Å². The van der Waals surface area contributed by atoms with Gasteiger partial charge in [-0.15, -0.1) is 0 Å². The first-order valence-electron chi connectivity index (χ1n) is 10.4. The Balaban J connectivity index is 1.55. The minimum Gasteiger partial charge on any atom is -0.296 e. The molecule has 3 aromatic heterocycles. The lowest BCUT2D eigenvalue weighted by molar-refractivity contribution is 0.388. The molecule has 3 heterocycles. The number of nitrogens with zero attached hydrogens (tertiary/aromatic N) is 4. The van der Waals surface area contributed by atoms with Crippen LogP contribution in [-0.2, 0) is 12.8 Å². The summed E-state index contributed by atoms with van der Waals surface area (Å²) in [7, 11) is 0. The van der Waals surface area contributed by atoms with Crippen molar-refractivity contribution in [3.8, 4) is 22.5 Å². The van der Waals surface area contributed by atoms with Crippen molar-refractivity contribution in [1.29, 1.82) is 0 Å². The standard InChI is InChI=1S/C23H19FN6O3/c1-2-5-19-17(21(31)28-22-25-12-26-30(19)22)10-14-9-8-13(11-18(14)24)15-6-3-4-7-16(15)20-27-23(32)33-29-20/h3-4,6-9,11-12H,2,5,10H2,1H3,(H,27,29,32)(H,25,26,28,31). The number of rotatable bonds is 6. The number of aromatic nitrogens is 6. The lowest BCUT2D eigenvalue weighted by Crippen LogP contribution is -2.21. The van der Waals surface area contributed by atoms with Gasteiger partial charge in [0.25, 0.3) is 5.56 Å². The summed E-state index contributed by atoms with van der Waals surface area (Å²) in [5, 5.41) is 7.94. The highest BCUT2D eigenvalue weighted by Crippen LogP contribution is 2.31. The Morgan fingerprint density at radius 1 is 1.09 bits per heavy atom. The third kappa shape index (κ3) is 3.75. The minimum atomic E-state index is -0.668. The number of hydrogen-bond donors (Lipinski definition) is 2. The number of benzene rings is 2. The molecule has 5 aromatic rings. The summed E-state index contributed by atoms with van der Waals surface area (Å²) in [5.74, 6) is -0.488.